The molecule has 0 saturated carbocycles. The van der Waals surface area contributed by atoms with Crippen molar-refractivity contribution in [1.29, 1.82) is 0 Å². The molecule has 4 nitrogen and oxygen atoms in total. The molecular formula is C16H14F3N2O2+. The largest absolute Gasteiger partial charge is 0.318 e. The van der Waals surface area contributed by atoms with E-state index in [1.54, 1.807) is 18.3 Å². The van der Waals surface area contributed by atoms with Crippen LogP contribution in [0.3, 0.4) is 0 Å². The second kappa shape index (κ2) is 6.60. The van der Waals surface area contributed by atoms with Crippen LogP contribution in [0.15, 0.2) is 36.7 Å². The smallest absolute Gasteiger partial charge is 0.293 e. The Kier molecular flexibility index (Phi) is 4.78. The summed E-state index contributed by atoms with van der Waals surface area (Å²) in [5, 5.41) is 2.20. The van der Waals surface area contributed by atoms with Gasteiger partial charge in [-0.05, 0) is 25.1 Å². The fraction of sp³-hybridized carbons (Fsp3) is 0.188. The van der Waals surface area contributed by atoms with Gasteiger partial charge in [0.05, 0.1) is 11.3 Å². The molecule has 120 valence electrons. The lowest BCUT2D eigenvalue weighted by Gasteiger charge is -2.10. The monoisotopic (exact) mass is 323 g/mol. The van der Waals surface area contributed by atoms with Gasteiger partial charge in [-0.15, -0.1) is 0 Å². The van der Waals surface area contributed by atoms with E-state index in [0.29, 0.717) is 5.56 Å². The van der Waals surface area contributed by atoms with Crippen LogP contribution < -0.4 is 9.88 Å². The van der Waals surface area contributed by atoms with Crippen LogP contribution in [-0.4, -0.2) is 11.7 Å². The van der Waals surface area contributed by atoms with Gasteiger partial charge in [-0.1, -0.05) is 0 Å². The van der Waals surface area contributed by atoms with Crippen LogP contribution in [0.25, 0.3) is 0 Å². The fourth-order valence-corrected chi connectivity index (χ4v) is 1.94. The SMILES string of the molecule is CC(=O)c1ccc[n+]([C@H](C)C(=O)Nc2ccc(F)c(F)c2F)c1. The topological polar surface area (TPSA) is 50.0 Å². The van der Waals surface area contributed by atoms with Gasteiger partial charge in [-0.25, -0.2) is 13.2 Å². The van der Waals surface area contributed by atoms with Crippen molar-refractivity contribution in [2.75, 3.05) is 5.32 Å². The van der Waals surface area contributed by atoms with Crippen LogP contribution in [0.4, 0.5) is 18.9 Å². The van der Waals surface area contributed by atoms with Crippen molar-refractivity contribution >= 4 is 17.4 Å². The Morgan fingerprint density at radius 3 is 2.48 bits per heavy atom. The summed E-state index contributed by atoms with van der Waals surface area (Å²) >= 11 is 0. The van der Waals surface area contributed by atoms with E-state index in [1.165, 1.54) is 24.6 Å². The third kappa shape index (κ3) is 3.56. The standard InChI is InChI=1S/C16H13F3N2O2/c1-9(21-7-3-4-11(8-21)10(2)22)16(23)20-13-6-5-12(17)14(18)15(13)19/h3-9H,1-2H3/p+1/t9-/m1/s1. The first kappa shape index (κ1) is 16.7. The van der Waals surface area contributed by atoms with E-state index in [2.05, 4.69) is 5.32 Å². The van der Waals surface area contributed by atoms with E-state index in [1.807, 2.05) is 0 Å². The second-order valence-electron chi connectivity index (χ2n) is 4.98. The third-order valence-corrected chi connectivity index (χ3v) is 3.35. The molecule has 23 heavy (non-hydrogen) atoms. The zero-order chi connectivity index (χ0) is 17.1. The first-order chi connectivity index (χ1) is 10.8. The second-order valence-corrected chi connectivity index (χ2v) is 4.98. The number of aromatic nitrogens is 1. The highest BCUT2D eigenvalue weighted by Gasteiger charge is 2.25. The van der Waals surface area contributed by atoms with Gasteiger partial charge in [0.25, 0.3) is 5.91 Å². The highest BCUT2D eigenvalue weighted by atomic mass is 19.2. The molecule has 0 spiro atoms. The van der Waals surface area contributed by atoms with E-state index < -0.39 is 35.1 Å². The van der Waals surface area contributed by atoms with Gasteiger partial charge < -0.3 is 5.32 Å². The minimum atomic E-state index is -1.65. The number of ketones is 1. The van der Waals surface area contributed by atoms with Crippen LogP contribution in [0.5, 0.6) is 0 Å². The Bertz CT molecular complexity index is 778. The molecule has 0 radical (unpaired) electrons. The number of benzene rings is 1. The van der Waals surface area contributed by atoms with Crippen molar-refractivity contribution in [1.82, 2.24) is 0 Å². The van der Waals surface area contributed by atoms with Gasteiger partial charge in [0.2, 0.25) is 6.04 Å². The Labute approximate surface area is 130 Å². The zero-order valence-corrected chi connectivity index (χ0v) is 12.4. The molecule has 0 aliphatic heterocycles. The Morgan fingerprint density at radius 1 is 1.13 bits per heavy atom. The number of pyridine rings is 1. The van der Waals surface area contributed by atoms with Crippen LogP contribution >= 0.6 is 0 Å². The Balaban J connectivity index is 2.22. The maximum atomic E-state index is 13.6. The maximum absolute atomic E-state index is 13.6. The first-order valence-electron chi connectivity index (χ1n) is 6.77. The number of hydrogen-bond donors (Lipinski definition) is 1. The van der Waals surface area contributed by atoms with Crippen LogP contribution in [-0.2, 0) is 4.79 Å². The summed E-state index contributed by atoms with van der Waals surface area (Å²) in [6, 6.07) is 4.07. The number of anilines is 1. The van der Waals surface area contributed by atoms with Gasteiger partial charge in [0, 0.05) is 13.0 Å². The molecule has 0 fully saturated rings. The molecule has 1 heterocycles. The minimum absolute atomic E-state index is 0.168. The van der Waals surface area contributed by atoms with E-state index in [4.69, 9.17) is 0 Å². The molecule has 1 aromatic heterocycles. The number of nitrogens with zero attached hydrogens (tertiary/aromatic N) is 1. The zero-order valence-electron chi connectivity index (χ0n) is 12.4. The lowest BCUT2D eigenvalue weighted by Crippen LogP contribution is -2.44. The van der Waals surface area contributed by atoms with Crippen molar-refractivity contribution in [3.8, 4) is 0 Å². The molecule has 2 aromatic rings. The van der Waals surface area contributed by atoms with Gasteiger partial charge in [-0.3, -0.25) is 9.59 Å². The number of rotatable bonds is 4. The summed E-state index contributed by atoms with van der Waals surface area (Å²) in [5.74, 6) is -5.26. The molecule has 1 N–H and O–H groups in total. The summed E-state index contributed by atoms with van der Waals surface area (Å²) in [4.78, 5) is 23.5. The van der Waals surface area contributed by atoms with Crippen molar-refractivity contribution in [2.24, 2.45) is 0 Å². The number of nitrogens with one attached hydrogen (secondary N) is 1. The number of halogens is 3. The lowest BCUT2D eigenvalue weighted by molar-refractivity contribution is -0.705. The van der Waals surface area contributed by atoms with Crippen molar-refractivity contribution in [3.05, 3.63) is 59.7 Å². The third-order valence-electron chi connectivity index (χ3n) is 3.35. The molecule has 0 bridgehead atoms. The number of carbonyl (C=O) groups excluding carboxylic acids is 2. The Hall–Kier alpha value is -2.70. The van der Waals surface area contributed by atoms with E-state index >= 15 is 0 Å². The average molecular weight is 323 g/mol. The van der Waals surface area contributed by atoms with Gasteiger partial charge in [-0.2, -0.15) is 4.57 Å². The van der Waals surface area contributed by atoms with E-state index in [0.717, 1.165) is 12.1 Å². The van der Waals surface area contributed by atoms with Crippen molar-refractivity contribution in [3.63, 3.8) is 0 Å². The number of hydrogen-bond acceptors (Lipinski definition) is 2. The Morgan fingerprint density at radius 2 is 1.83 bits per heavy atom. The molecule has 2 rings (SSSR count). The lowest BCUT2D eigenvalue weighted by atomic mass is 10.2. The molecule has 1 aromatic carbocycles. The summed E-state index contributed by atoms with van der Waals surface area (Å²) in [5.41, 5.74) is -0.0461. The highest BCUT2D eigenvalue weighted by molar-refractivity contribution is 5.94. The predicted molar refractivity (Wildman–Crippen MR) is 76.3 cm³/mol. The highest BCUT2D eigenvalue weighted by Crippen LogP contribution is 2.20. The van der Waals surface area contributed by atoms with Crippen LogP contribution in [0.1, 0.15) is 30.2 Å². The summed E-state index contributed by atoms with van der Waals surface area (Å²) in [6.45, 7) is 2.91. The quantitative estimate of drug-likeness (QED) is 0.534. The molecule has 1 atom stereocenters. The fourth-order valence-electron chi connectivity index (χ4n) is 1.94. The number of carbonyl (C=O) groups is 2. The molecule has 1 amide bonds. The summed E-state index contributed by atoms with van der Waals surface area (Å²) in [7, 11) is 0. The van der Waals surface area contributed by atoms with E-state index in [9.17, 15) is 22.8 Å². The van der Waals surface area contributed by atoms with Gasteiger partial charge >= 0.3 is 0 Å². The van der Waals surface area contributed by atoms with Crippen LogP contribution in [0, 0.1) is 17.5 Å². The predicted octanol–water partition coefficient (Wildman–Crippen LogP) is 2.79. The molecule has 0 aliphatic carbocycles. The van der Waals surface area contributed by atoms with E-state index in [-0.39, 0.29) is 5.78 Å². The van der Waals surface area contributed by atoms with Crippen molar-refractivity contribution < 1.29 is 27.3 Å². The molecule has 0 saturated heterocycles. The maximum Gasteiger partial charge on any atom is 0.293 e. The number of amides is 1. The molecular weight excluding hydrogens is 309 g/mol. The number of Topliss-reactive ketones (excluding diaryl/α,β-unsaturated/α-hetero) is 1. The molecule has 0 aliphatic rings. The molecule has 0 unspecified atom stereocenters. The minimum Gasteiger partial charge on any atom is -0.318 e. The summed E-state index contributed by atoms with van der Waals surface area (Å²) < 4.78 is 41.1. The van der Waals surface area contributed by atoms with Crippen LogP contribution in [0.2, 0.25) is 0 Å². The normalized spacial score (nSPS) is 11.9. The molecule has 7 heteroatoms. The van der Waals surface area contributed by atoms with Gasteiger partial charge in [0.15, 0.2) is 35.6 Å². The van der Waals surface area contributed by atoms with Crippen molar-refractivity contribution in [2.45, 2.75) is 19.9 Å². The summed E-state index contributed by atoms with van der Waals surface area (Å²) in [6.07, 6.45) is 3.05. The average Bonchev–Trinajstić information content (AvgIpc) is 2.54. The first-order valence-corrected chi connectivity index (χ1v) is 6.77. The van der Waals surface area contributed by atoms with Gasteiger partial charge in [0.1, 0.15) is 0 Å².